The molecule has 2 rings (SSSR count). The molecule has 0 aliphatic carbocycles. The summed E-state index contributed by atoms with van der Waals surface area (Å²) < 4.78 is 0. The molecule has 0 saturated carbocycles. The molecule has 1 aromatic carbocycles. The Bertz CT molecular complexity index is 489. The highest BCUT2D eigenvalue weighted by molar-refractivity contribution is 5.66. The predicted octanol–water partition coefficient (Wildman–Crippen LogP) is 2.80. The predicted molar refractivity (Wildman–Crippen MR) is 66.5 cm³/mol. The molecular formula is C13H15N3. The number of nitrogens with one attached hydrogen (secondary N) is 1. The molecule has 0 unspecified atom stereocenters. The molecule has 0 saturated heterocycles. The summed E-state index contributed by atoms with van der Waals surface area (Å²) in [6.07, 6.45) is 3.70. The Morgan fingerprint density at radius 2 is 1.75 bits per heavy atom. The second-order valence-corrected chi connectivity index (χ2v) is 3.86. The molecule has 1 N–H and O–H groups in total. The number of aryl methyl sites for hydroxylation is 2. The molecule has 0 spiro atoms. The minimum atomic E-state index is 0.647. The Labute approximate surface area is 95.6 Å². The fraction of sp³-hybridized carbons (Fsp3) is 0.231. The summed E-state index contributed by atoms with van der Waals surface area (Å²) in [5, 5.41) is 2.91. The zero-order valence-electron chi connectivity index (χ0n) is 9.78. The van der Waals surface area contributed by atoms with E-state index in [-0.39, 0.29) is 0 Å². The van der Waals surface area contributed by atoms with Crippen molar-refractivity contribution < 1.29 is 0 Å². The van der Waals surface area contributed by atoms with Gasteiger partial charge < -0.3 is 5.32 Å². The lowest BCUT2D eigenvalue weighted by Gasteiger charge is -2.07. The van der Waals surface area contributed by atoms with Gasteiger partial charge in [-0.3, -0.25) is 0 Å². The molecule has 1 aromatic heterocycles. The van der Waals surface area contributed by atoms with Crippen molar-refractivity contribution in [1.82, 2.24) is 9.97 Å². The molecular weight excluding hydrogens is 198 g/mol. The largest absolute Gasteiger partial charge is 0.357 e. The molecule has 3 nitrogen and oxygen atoms in total. The van der Waals surface area contributed by atoms with E-state index in [9.17, 15) is 0 Å². The Morgan fingerprint density at radius 3 is 2.38 bits per heavy atom. The first-order valence-corrected chi connectivity index (χ1v) is 5.28. The number of nitrogens with zero attached hydrogens (tertiary/aromatic N) is 2. The third kappa shape index (κ3) is 2.03. The van der Waals surface area contributed by atoms with Gasteiger partial charge in [0.05, 0.1) is 0 Å². The van der Waals surface area contributed by atoms with Gasteiger partial charge in [-0.05, 0) is 25.0 Å². The van der Waals surface area contributed by atoms with Crippen LogP contribution in [-0.2, 0) is 0 Å². The Balaban J connectivity index is 2.45. The fourth-order valence-corrected chi connectivity index (χ4v) is 1.64. The monoisotopic (exact) mass is 213 g/mol. The van der Waals surface area contributed by atoms with Crippen LogP contribution in [0.1, 0.15) is 11.1 Å². The molecule has 0 radical (unpaired) electrons. The van der Waals surface area contributed by atoms with Crippen LogP contribution in [0.25, 0.3) is 11.1 Å². The normalized spacial score (nSPS) is 10.2. The third-order valence-corrected chi connectivity index (χ3v) is 2.58. The van der Waals surface area contributed by atoms with E-state index in [4.69, 9.17) is 0 Å². The summed E-state index contributed by atoms with van der Waals surface area (Å²) >= 11 is 0. The summed E-state index contributed by atoms with van der Waals surface area (Å²) in [7, 11) is 1.81. The van der Waals surface area contributed by atoms with Crippen LogP contribution in [0, 0.1) is 13.8 Å². The molecule has 0 fully saturated rings. The van der Waals surface area contributed by atoms with Gasteiger partial charge in [-0.25, -0.2) is 9.97 Å². The number of aromatic nitrogens is 2. The summed E-state index contributed by atoms with van der Waals surface area (Å²) in [6, 6.07) is 6.39. The smallest absolute Gasteiger partial charge is 0.222 e. The highest BCUT2D eigenvalue weighted by Crippen LogP contribution is 2.23. The van der Waals surface area contributed by atoms with Gasteiger partial charge in [0, 0.05) is 25.0 Å². The van der Waals surface area contributed by atoms with Crippen LogP contribution in [0.2, 0.25) is 0 Å². The zero-order chi connectivity index (χ0) is 11.5. The van der Waals surface area contributed by atoms with Gasteiger partial charge >= 0.3 is 0 Å². The van der Waals surface area contributed by atoms with Crippen LogP contribution in [0.5, 0.6) is 0 Å². The molecule has 3 heteroatoms. The van der Waals surface area contributed by atoms with Crippen molar-refractivity contribution in [2.75, 3.05) is 12.4 Å². The van der Waals surface area contributed by atoms with Crippen LogP contribution in [0.15, 0.2) is 30.6 Å². The van der Waals surface area contributed by atoms with Crippen molar-refractivity contribution in [1.29, 1.82) is 0 Å². The molecule has 1 heterocycles. The van der Waals surface area contributed by atoms with E-state index in [0.29, 0.717) is 5.95 Å². The van der Waals surface area contributed by atoms with Crippen molar-refractivity contribution in [3.63, 3.8) is 0 Å². The quantitative estimate of drug-likeness (QED) is 0.833. The van der Waals surface area contributed by atoms with Gasteiger partial charge in [-0.15, -0.1) is 0 Å². The first kappa shape index (κ1) is 10.6. The van der Waals surface area contributed by atoms with Crippen LogP contribution in [-0.4, -0.2) is 17.0 Å². The van der Waals surface area contributed by atoms with Gasteiger partial charge in [0.15, 0.2) is 0 Å². The first-order valence-electron chi connectivity index (χ1n) is 5.28. The molecule has 82 valence electrons. The number of benzene rings is 1. The second-order valence-electron chi connectivity index (χ2n) is 3.86. The Morgan fingerprint density at radius 1 is 1.06 bits per heavy atom. The summed E-state index contributed by atoms with van der Waals surface area (Å²) in [6.45, 7) is 4.19. The molecule has 16 heavy (non-hydrogen) atoms. The van der Waals surface area contributed by atoms with Crippen LogP contribution in [0.4, 0.5) is 5.95 Å². The lowest BCUT2D eigenvalue weighted by Crippen LogP contribution is -1.96. The number of anilines is 1. The summed E-state index contributed by atoms with van der Waals surface area (Å²) in [5.41, 5.74) is 4.74. The lowest BCUT2D eigenvalue weighted by molar-refractivity contribution is 1.15. The lowest BCUT2D eigenvalue weighted by atomic mass is 10.0. The van der Waals surface area contributed by atoms with Crippen LogP contribution >= 0.6 is 0 Å². The maximum Gasteiger partial charge on any atom is 0.222 e. The minimum absolute atomic E-state index is 0.647. The van der Waals surface area contributed by atoms with E-state index in [1.165, 1.54) is 16.7 Å². The number of rotatable bonds is 2. The van der Waals surface area contributed by atoms with Crippen molar-refractivity contribution >= 4 is 5.95 Å². The maximum atomic E-state index is 4.22. The SMILES string of the molecule is CNc1ncc(-c2cc(C)ccc2C)cn1. The fourth-order valence-electron chi connectivity index (χ4n) is 1.64. The van der Waals surface area contributed by atoms with Crippen LogP contribution < -0.4 is 5.32 Å². The van der Waals surface area contributed by atoms with Crippen molar-refractivity contribution in [3.05, 3.63) is 41.7 Å². The Hall–Kier alpha value is -1.90. The zero-order valence-corrected chi connectivity index (χ0v) is 9.78. The maximum absolute atomic E-state index is 4.22. The van der Waals surface area contributed by atoms with Crippen molar-refractivity contribution in [3.8, 4) is 11.1 Å². The molecule has 0 atom stereocenters. The van der Waals surface area contributed by atoms with Crippen molar-refractivity contribution in [2.24, 2.45) is 0 Å². The van der Waals surface area contributed by atoms with Crippen molar-refractivity contribution in [2.45, 2.75) is 13.8 Å². The summed E-state index contributed by atoms with van der Waals surface area (Å²) in [5.74, 6) is 0.647. The third-order valence-electron chi connectivity index (χ3n) is 2.58. The first-order chi connectivity index (χ1) is 7.70. The van der Waals surface area contributed by atoms with E-state index in [2.05, 4.69) is 47.3 Å². The number of hydrogen-bond acceptors (Lipinski definition) is 3. The van der Waals surface area contributed by atoms with Gasteiger partial charge in [-0.2, -0.15) is 0 Å². The van der Waals surface area contributed by atoms with Gasteiger partial charge in [0.2, 0.25) is 5.95 Å². The highest BCUT2D eigenvalue weighted by Gasteiger charge is 2.03. The standard InChI is InChI=1S/C13H15N3/c1-9-4-5-10(2)12(6-9)11-7-15-13(14-3)16-8-11/h4-8H,1-3H3,(H,14,15,16). The Kier molecular flexibility index (Phi) is 2.86. The second kappa shape index (κ2) is 4.31. The van der Waals surface area contributed by atoms with E-state index in [1.54, 1.807) is 0 Å². The van der Waals surface area contributed by atoms with Gasteiger partial charge in [0.25, 0.3) is 0 Å². The van der Waals surface area contributed by atoms with Gasteiger partial charge in [0.1, 0.15) is 0 Å². The summed E-state index contributed by atoms with van der Waals surface area (Å²) in [4.78, 5) is 8.44. The van der Waals surface area contributed by atoms with E-state index in [1.807, 2.05) is 19.4 Å². The van der Waals surface area contributed by atoms with E-state index in [0.717, 1.165) is 5.56 Å². The average molecular weight is 213 g/mol. The number of hydrogen-bond donors (Lipinski definition) is 1. The molecule has 0 amide bonds. The molecule has 0 aliphatic heterocycles. The molecule has 0 aliphatic rings. The average Bonchev–Trinajstić information content (AvgIpc) is 2.32. The van der Waals surface area contributed by atoms with Crippen LogP contribution in [0.3, 0.4) is 0 Å². The van der Waals surface area contributed by atoms with E-state index >= 15 is 0 Å². The van der Waals surface area contributed by atoms with E-state index < -0.39 is 0 Å². The topological polar surface area (TPSA) is 37.8 Å². The highest BCUT2D eigenvalue weighted by atomic mass is 15.1. The van der Waals surface area contributed by atoms with Gasteiger partial charge in [-0.1, -0.05) is 23.8 Å². The molecule has 0 bridgehead atoms. The molecule has 2 aromatic rings. The minimum Gasteiger partial charge on any atom is -0.357 e.